The van der Waals surface area contributed by atoms with Crippen molar-refractivity contribution >= 4 is 28.7 Å². The van der Waals surface area contributed by atoms with Crippen LogP contribution >= 0.6 is 12.2 Å². The molecule has 0 radical (unpaired) electrons. The van der Waals surface area contributed by atoms with E-state index in [1.54, 1.807) is 6.07 Å². The first-order valence-corrected chi connectivity index (χ1v) is 7.99. The molecule has 22 heavy (non-hydrogen) atoms. The van der Waals surface area contributed by atoms with Gasteiger partial charge in [-0.3, -0.25) is 0 Å². The van der Waals surface area contributed by atoms with Crippen LogP contribution in [0.15, 0.2) is 36.4 Å². The summed E-state index contributed by atoms with van der Waals surface area (Å²) in [6.07, 6.45) is 4.64. The molecule has 0 amide bonds. The summed E-state index contributed by atoms with van der Waals surface area (Å²) in [5.74, 6) is -0.292. The molecule has 2 aromatic carbocycles. The average Bonchev–Trinajstić information content (AvgIpc) is 2.50. The number of benzene rings is 2. The summed E-state index contributed by atoms with van der Waals surface area (Å²) in [6, 6.07) is 11.3. The Morgan fingerprint density at radius 2 is 1.82 bits per heavy atom. The summed E-state index contributed by atoms with van der Waals surface area (Å²) >= 11 is 5.33. The van der Waals surface area contributed by atoms with Gasteiger partial charge in [0.05, 0.1) is 5.69 Å². The number of halogens is 1. The molecule has 4 heteroatoms. The van der Waals surface area contributed by atoms with Gasteiger partial charge >= 0.3 is 0 Å². The molecule has 1 aliphatic rings. The normalized spacial score (nSPS) is 13.4. The van der Waals surface area contributed by atoms with Crippen molar-refractivity contribution in [2.24, 2.45) is 0 Å². The van der Waals surface area contributed by atoms with Crippen molar-refractivity contribution in [3.05, 3.63) is 58.9 Å². The number of hydrogen-bond donors (Lipinski definition) is 2. The fraction of sp³-hybridized carbons (Fsp3) is 0.278. The Labute approximate surface area is 135 Å². The third-order valence-corrected chi connectivity index (χ3v) is 4.22. The SMILES string of the molecule is Cc1ccc(NC(=S)Nc2cccc3c2CCCC3)c(F)c1. The lowest BCUT2D eigenvalue weighted by atomic mass is 9.90. The summed E-state index contributed by atoms with van der Waals surface area (Å²) in [5.41, 5.74) is 5.04. The lowest BCUT2D eigenvalue weighted by molar-refractivity contribution is 0.631. The molecule has 3 rings (SSSR count). The van der Waals surface area contributed by atoms with Crippen molar-refractivity contribution in [2.45, 2.75) is 32.6 Å². The molecule has 114 valence electrons. The van der Waals surface area contributed by atoms with Crippen molar-refractivity contribution in [2.75, 3.05) is 10.6 Å². The lowest BCUT2D eigenvalue weighted by Crippen LogP contribution is -2.21. The third kappa shape index (κ3) is 3.28. The molecule has 0 atom stereocenters. The molecule has 0 spiro atoms. The van der Waals surface area contributed by atoms with Gasteiger partial charge in [0.2, 0.25) is 0 Å². The van der Waals surface area contributed by atoms with Crippen LogP contribution in [0.1, 0.15) is 29.5 Å². The van der Waals surface area contributed by atoms with Gasteiger partial charge in [0.25, 0.3) is 0 Å². The van der Waals surface area contributed by atoms with Crippen LogP contribution in [0.3, 0.4) is 0 Å². The highest BCUT2D eigenvalue weighted by atomic mass is 32.1. The van der Waals surface area contributed by atoms with E-state index in [1.807, 2.05) is 25.1 Å². The summed E-state index contributed by atoms with van der Waals surface area (Å²) in [4.78, 5) is 0. The molecule has 2 aromatic rings. The Morgan fingerprint density at radius 1 is 1.05 bits per heavy atom. The van der Waals surface area contributed by atoms with Gasteiger partial charge in [-0.15, -0.1) is 0 Å². The first-order chi connectivity index (χ1) is 10.6. The average molecular weight is 314 g/mol. The number of aryl methyl sites for hydroxylation is 2. The van der Waals surface area contributed by atoms with Gasteiger partial charge in [0.15, 0.2) is 5.11 Å². The molecule has 0 saturated carbocycles. The van der Waals surface area contributed by atoms with Gasteiger partial charge in [-0.2, -0.15) is 0 Å². The second kappa shape index (κ2) is 6.44. The van der Waals surface area contributed by atoms with Crippen molar-refractivity contribution in [3.63, 3.8) is 0 Å². The van der Waals surface area contributed by atoms with Crippen LogP contribution in [0, 0.1) is 12.7 Å². The lowest BCUT2D eigenvalue weighted by Gasteiger charge is -2.20. The largest absolute Gasteiger partial charge is 0.332 e. The highest BCUT2D eigenvalue weighted by Gasteiger charge is 2.13. The van der Waals surface area contributed by atoms with E-state index in [0.717, 1.165) is 24.1 Å². The minimum Gasteiger partial charge on any atom is -0.332 e. The quantitative estimate of drug-likeness (QED) is 0.777. The molecule has 0 fully saturated rings. The molecule has 0 bridgehead atoms. The van der Waals surface area contributed by atoms with Crippen LogP contribution in [0.25, 0.3) is 0 Å². The molecule has 0 unspecified atom stereocenters. The highest BCUT2D eigenvalue weighted by Crippen LogP contribution is 2.28. The van der Waals surface area contributed by atoms with E-state index in [1.165, 1.54) is 30.0 Å². The fourth-order valence-corrected chi connectivity index (χ4v) is 3.12. The number of thiocarbonyl (C=S) groups is 1. The van der Waals surface area contributed by atoms with Crippen LogP contribution in [0.5, 0.6) is 0 Å². The predicted molar refractivity (Wildman–Crippen MR) is 94.1 cm³/mol. The van der Waals surface area contributed by atoms with Gasteiger partial charge in [-0.25, -0.2) is 4.39 Å². The standard InChI is InChI=1S/C18H19FN2S/c1-12-9-10-17(15(19)11-12)21-18(22)20-16-8-4-6-13-5-2-3-7-14(13)16/h4,6,8-11H,2-3,5,7H2,1H3,(H2,20,21,22). The van der Waals surface area contributed by atoms with E-state index in [4.69, 9.17) is 12.2 Å². The molecule has 2 nitrogen and oxygen atoms in total. The second-order valence-corrected chi connectivity index (χ2v) is 6.12. The zero-order valence-electron chi connectivity index (χ0n) is 12.6. The maximum Gasteiger partial charge on any atom is 0.175 e. The van der Waals surface area contributed by atoms with E-state index in [2.05, 4.69) is 16.7 Å². The van der Waals surface area contributed by atoms with Crippen molar-refractivity contribution < 1.29 is 4.39 Å². The molecule has 2 N–H and O–H groups in total. The number of rotatable bonds is 2. The molecular weight excluding hydrogens is 295 g/mol. The van der Waals surface area contributed by atoms with E-state index in [0.29, 0.717) is 10.8 Å². The van der Waals surface area contributed by atoms with Gasteiger partial charge < -0.3 is 10.6 Å². The summed E-state index contributed by atoms with van der Waals surface area (Å²) < 4.78 is 13.9. The monoisotopic (exact) mass is 314 g/mol. The fourth-order valence-electron chi connectivity index (χ4n) is 2.90. The van der Waals surface area contributed by atoms with E-state index in [9.17, 15) is 4.39 Å². The second-order valence-electron chi connectivity index (χ2n) is 5.71. The Balaban J connectivity index is 1.75. The number of anilines is 2. The topological polar surface area (TPSA) is 24.1 Å². The summed E-state index contributed by atoms with van der Waals surface area (Å²) in [5, 5.41) is 6.57. The number of hydrogen-bond acceptors (Lipinski definition) is 1. The zero-order valence-corrected chi connectivity index (χ0v) is 13.4. The molecule has 0 aromatic heterocycles. The van der Waals surface area contributed by atoms with Crippen LogP contribution in [-0.2, 0) is 12.8 Å². The van der Waals surface area contributed by atoms with Crippen molar-refractivity contribution in [3.8, 4) is 0 Å². The maximum absolute atomic E-state index is 13.9. The number of nitrogens with one attached hydrogen (secondary N) is 2. The summed E-state index contributed by atoms with van der Waals surface area (Å²) in [6.45, 7) is 1.86. The van der Waals surface area contributed by atoms with Gasteiger partial charge in [0, 0.05) is 5.69 Å². The van der Waals surface area contributed by atoms with Gasteiger partial charge in [-0.1, -0.05) is 18.2 Å². The van der Waals surface area contributed by atoms with E-state index < -0.39 is 0 Å². The third-order valence-electron chi connectivity index (χ3n) is 4.02. The molecule has 0 heterocycles. The molecule has 0 saturated heterocycles. The minimum atomic E-state index is -0.292. The predicted octanol–water partition coefficient (Wildman–Crippen LogP) is 4.82. The Bertz CT molecular complexity index is 712. The zero-order chi connectivity index (χ0) is 15.5. The van der Waals surface area contributed by atoms with Gasteiger partial charge in [0.1, 0.15) is 5.82 Å². The van der Waals surface area contributed by atoms with Crippen LogP contribution in [0.4, 0.5) is 15.8 Å². The Morgan fingerprint density at radius 3 is 2.64 bits per heavy atom. The summed E-state index contributed by atoms with van der Waals surface area (Å²) in [7, 11) is 0. The van der Waals surface area contributed by atoms with Crippen LogP contribution in [-0.4, -0.2) is 5.11 Å². The first-order valence-electron chi connectivity index (χ1n) is 7.58. The number of fused-ring (bicyclic) bond motifs is 1. The van der Waals surface area contributed by atoms with Crippen molar-refractivity contribution in [1.29, 1.82) is 0 Å². The molecule has 1 aliphatic carbocycles. The molecule has 0 aliphatic heterocycles. The Kier molecular flexibility index (Phi) is 4.39. The smallest absolute Gasteiger partial charge is 0.175 e. The van der Waals surface area contributed by atoms with Gasteiger partial charge in [-0.05, 0) is 79.7 Å². The Hall–Kier alpha value is -1.94. The first kappa shape index (κ1) is 15.0. The van der Waals surface area contributed by atoms with Crippen molar-refractivity contribution in [1.82, 2.24) is 0 Å². The maximum atomic E-state index is 13.9. The highest BCUT2D eigenvalue weighted by molar-refractivity contribution is 7.80. The van der Waals surface area contributed by atoms with E-state index >= 15 is 0 Å². The van der Waals surface area contributed by atoms with E-state index in [-0.39, 0.29) is 5.82 Å². The van der Waals surface area contributed by atoms with Crippen LogP contribution < -0.4 is 10.6 Å². The minimum absolute atomic E-state index is 0.292. The van der Waals surface area contributed by atoms with Crippen LogP contribution in [0.2, 0.25) is 0 Å². The molecular formula is C18H19FN2S.